The first-order valence-corrected chi connectivity index (χ1v) is 11.1. The van der Waals surface area contributed by atoms with E-state index in [2.05, 4.69) is 27.7 Å². The molecule has 0 amide bonds. The van der Waals surface area contributed by atoms with Crippen LogP contribution in [-0.4, -0.2) is 33.4 Å². The summed E-state index contributed by atoms with van der Waals surface area (Å²) in [5, 5.41) is 27.7. The predicted octanol–water partition coefficient (Wildman–Crippen LogP) is 6.03. The maximum absolute atomic E-state index is 10.7. The molecule has 0 heterocycles. The number of aliphatic hydroxyl groups excluding tert-OH is 1. The normalized spacial score (nSPS) is 12.5. The van der Waals surface area contributed by atoms with Gasteiger partial charge in [0.2, 0.25) is 0 Å². The first-order valence-electron chi connectivity index (χ1n) is 11.1. The zero-order valence-corrected chi connectivity index (χ0v) is 18.6. The number of carbonyl (C=O) groups is 2. The Hall–Kier alpha value is -1.10. The monoisotopic (exact) mass is 400 g/mol. The highest BCUT2D eigenvalue weighted by Crippen LogP contribution is 2.30. The van der Waals surface area contributed by atoms with Gasteiger partial charge in [-0.25, -0.2) is 0 Å². The summed E-state index contributed by atoms with van der Waals surface area (Å²) in [6, 6.07) is 0. The van der Waals surface area contributed by atoms with Crippen molar-refractivity contribution in [3.63, 3.8) is 0 Å². The van der Waals surface area contributed by atoms with Gasteiger partial charge >= 0.3 is 11.9 Å². The van der Waals surface area contributed by atoms with Gasteiger partial charge in [-0.1, -0.05) is 66.2 Å². The second kappa shape index (κ2) is 14.0. The molecule has 166 valence electrons. The van der Waals surface area contributed by atoms with Crippen molar-refractivity contribution in [3.8, 4) is 0 Å². The van der Waals surface area contributed by atoms with Crippen LogP contribution in [0.3, 0.4) is 0 Å². The van der Waals surface area contributed by atoms with Crippen molar-refractivity contribution in [1.82, 2.24) is 0 Å². The van der Waals surface area contributed by atoms with Crippen molar-refractivity contribution in [1.29, 1.82) is 0 Å². The quantitative estimate of drug-likeness (QED) is 0.244. The van der Waals surface area contributed by atoms with E-state index in [0.717, 1.165) is 77.0 Å². The summed E-state index contributed by atoms with van der Waals surface area (Å²) in [6.45, 7) is 8.53. The molecule has 0 radical (unpaired) electrons. The average molecular weight is 401 g/mol. The van der Waals surface area contributed by atoms with Crippen molar-refractivity contribution in [3.05, 3.63) is 0 Å². The number of carboxylic acid groups (broad SMARTS) is 2. The number of unbranched alkanes of at least 4 members (excludes halogenated alkanes) is 4. The van der Waals surface area contributed by atoms with E-state index in [1.807, 2.05) is 0 Å². The number of aliphatic carboxylic acids is 2. The van der Waals surface area contributed by atoms with Gasteiger partial charge in [0, 0.05) is 12.8 Å². The van der Waals surface area contributed by atoms with Gasteiger partial charge in [-0.05, 0) is 49.4 Å². The molecule has 0 aromatic rings. The molecular formula is C23H44O5. The van der Waals surface area contributed by atoms with Crippen molar-refractivity contribution in [2.24, 2.45) is 10.8 Å². The number of hydrogen-bond donors (Lipinski definition) is 3. The minimum Gasteiger partial charge on any atom is -0.481 e. The third-order valence-corrected chi connectivity index (χ3v) is 5.81. The SMILES string of the molecule is CC(C)(CCCCCC(O)CCCCCC(C)(C)CCC(=O)O)CCC(=O)O. The molecule has 0 aliphatic heterocycles. The fourth-order valence-electron chi connectivity index (χ4n) is 3.61. The Morgan fingerprint density at radius 2 is 1.00 bits per heavy atom. The molecule has 0 aliphatic rings. The Balaban J connectivity index is 3.66. The van der Waals surface area contributed by atoms with Gasteiger partial charge < -0.3 is 15.3 Å². The molecule has 0 atom stereocenters. The largest absolute Gasteiger partial charge is 0.481 e. The molecule has 0 unspecified atom stereocenters. The van der Waals surface area contributed by atoms with Gasteiger partial charge in [-0.2, -0.15) is 0 Å². The summed E-state index contributed by atoms with van der Waals surface area (Å²) in [5.41, 5.74) is 0.157. The van der Waals surface area contributed by atoms with Crippen LogP contribution >= 0.6 is 0 Å². The van der Waals surface area contributed by atoms with Crippen LogP contribution in [0.25, 0.3) is 0 Å². The lowest BCUT2D eigenvalue weighted by atomic mass is 9.82. The number of rotatable bonds is 18. The fourth-order valence-corrected chi connectivity index (χ4v) is 3.61. The molecule has 0 aromatic carbocycles. The summed E-state index contributed by atoms with van der Waals surface area (Å²) in [4.78, 5) is 21.4. The lowest BCUT2D eigenvalue weighted by Gasteiger charge is -2.24. The second-order valence-electron chi connectivity index (χ2n) is 9.97. The van der Waals surface area contributed by atoms with Crippen LogP contribution in [0.5, 0.6) is 0 Å². The third kappa shape index (κ3) is 17.0. The van der Waals surface area contributed by atoms with Crippen LogP contribution in [0, 0.1) is 10.8 Å². The van der Waals surface area contributed by atoms with Gasteiger partial charge in [0.05, 0.1) is 6.10 Å². The summed E-state index contributed by atoms with van der Waals surface area (Å²) in [6.07, 6.45) is 11.9. The number of carboxylic acids is 2. The summed E-state index contributed by atoms with van der Waals surface area (Å²) in [7, 11) is 0. The van der Waals surface area contributed by atoms with E-state index < -0.39 is 11.9 Å². The van der Waals surface area contributed by atoms with Gasteiger partial charge in [-0.15, -0.1) is 0 Å². The lowest BCUT2D eigenvalue weighted by molar-refractivity contribution is -0.138. The molecule has 5 nitrogen and oxygen atoms in total. The van der Waals surface area contributed by atoms with E-state index in [0.29, 0.717) is 0 Å². The molecule has 5 heteroatoms. The van der Waals surface area contributed by atoms with Crippen LogP contribution in [0.1, 0.15) is 118 Å². The topological polar surface area (TPSA) is 94.8 Å². The maximum atomic E-state index is 10.7. The van der Waals surface area contributed by atoms with E-state index in [4.69, 9.17) is 10.2 Å². The van der Waals surface area contributed by atoms with E-state index >= 15 is 0 Å². The second-order valence-corrected chi connectivity index (χ2v) is 9.97. The van der Waals surface area contributed by atoms with Gasteiger partial charge in [0.1, 0.15) is 0 Å². The lowest BCUT2D eigenvalue weighted by Crippen LogP contribution is -2.14. The Kier molecular flexibility index (Phi) is 13.4. The van der Waals surface area contributed by atoms with E-state index in [-0.39, 0.29) is 29.8 Å². The van der Waals surface area contributed by atoms with Gasteiger partial charge in [0.25, 0.3) is 0 Å². The first-order chi connectivity index (χ1) is 12.9. The Morgan fingerprint density at radius 1 is 0.643 bits per heavy atom. The van der Waals surface area contributed by atoms with Crippen molar-refractivity contribution < 1.29 is 24.9 Å². The highest BCUT2D eigenvalue weighted by Gasteiger charge is 2.19. The molecule has 0 aliphatic carbocycles. The summed E-state index contributed by atoms with van der Waals surface area (Å²) in [5.74, 6) is -1.44. The zero-order chi connectivity index (χ0) is 21.6. The number of hydrogen-bond acceptors (Lipinski definition) is 3. The van der Waals surface area contributed by atoms with Crippen molar-refractivity contribution in [2.75, 3.05) is 0 Å². The molecule has 0 fully saturated rings. The predicted molar refractivity (Wildman–Crippen MR) is 113 cm³/mol. The van der Waals surface area contributed by atoms with E-state index in [1.165, 1.54) is 0 Å². The smallest absolute Gasteiger partial charge is 0.303 e. The van der Waals surface area contributed by atoms with Crippen LogP contribution in [0.4, 0.5) is 0 Å². The molecular weight excluding hydrogens is 356 g/mol. The van der Waals surface area contributed by atoms with Crippen molar-refractivity contribution in [2.45, 2.75) is 124 Å². The fraction of sp³-hybridized carbons (Fsp3) is 0.913. The number of aliphatic hydroxyl groups is 1. The third-order valence-electron chi connectivity index (χ3n) is 5.81. The molecule has 0 saturated carbocycles. The van der Waals surface area contributed by atoms with Crippen LogP contribution in [0.15, 0.2) is 0 Å². The highest BCUT2D eigenvalue weighted by molar-refractivity contribution is 5.66. The zero-order valence-electron chi connectivity index (χ0n) is 18.6. The van der Waals surface area contributed by atoms with Crippen LogP contribution < -0.4 is 0 Å². The molecule has 3 N–H and O–H groups in total. The van der Waals surface area contributed by atoms with E-state index in [1.54, 1.807) is 0 Å². The first kappa shape index (κ1) is 26.9. The molecule has 0 rings (SSSR count). The summed E-state index contributed by atoms with van der Waals surface area (Å²) < 4.78 is 0. The molecule has 0 aromatic heterocycles. The van der Waals surface area contributed by atoms with E-state index in [9.17, 15) is 14.7 Å². The average Bonchev–Trinajstić information content (AvgIpc) is 2.58. The Bertz CT molecular complexity index is 402. The van der Waals surface area contributed by atoms with Crippen molar-refractivity contribution >= 4 is 11.9 Å². The summed E-state index contributed by atoms with van der Waals surface area (Å²) >= 11 is 0. The highest BCUT2D eigenvalue weighted by atomic mass is 16.4. The Labute approximate surface area is 171 Å². The minimum atomic E-state index is -0.722. The van der Waals surface area contributed by atoms with Gasteiger partial charge in [0.15, 0.2) is 0 Å². The maximum Gasteiger partial charge on any atom is 0.303 e. The Morgan fingerprint density at radius 3 is 1.32 bits per heavy atom. The molecule has 0 bridgehead atoms. The standard InChI is InChI=1S/C23H44O5/c1-22(2,17-13-20(25)26)15-9-5-7-11-19(24)12-8-6-10-16-23(3,4)18-14-21(27)28/h19,24H,5-18H2,1-4H3,(H,25,26)(H,27,28). The molecule has 0 saturated heterocycles. The van der Waals surface area contributed by atoms with Gasteiger partial charge in [-0.3, -0.25) is 9.59 Å². The molecule has 28 heavy (non-hydrogen) atoms. The van der Waals surface area contributed by atoms with Crippen LogP contribution in [-0.2, 0) is 9.59 Å². The van der Waals surface area contributed by atoms with Crippen LogP contribution in [0.2, 0.25) is 0 Å². The molecule has 0 spiro atoms. The minimum absolute atomic E-state index is 0.0786.